The van der Waals surface area contributed by atoms with Crippen molar-refractivity contribution in [2.45, 2.75) is 25.9 Å². The Morgan fingerprint density at radius 1 is 1.06 bits per heavy atom. The van der Waals surface area contributed by atoms with Crippen LogP contribution in [0.25, 0.3) is 43.7 Å². The lowest BCUT2D eigenvalue weighted by Gasteiger charge is -2.27. The Labute approximate surface area is 273 Å². The largest absolute Gasteiger partial charge is 0.490 e. The number of halogens is 2. The molecule has 0 saturated heterocycles. The maximum absolute atomic E-state index is 16.1. The summed E-state index contributed by atoms with van der Waals surface area (Å²) in [5.74, 6) is -1.72. The molecule has 2 aromatic carbocycles. The number of rotatable bonds is 8. The van der Waals surface area contributed by atoms with Gasteiger partial charge in [0.1, 0.15) is 24.0 Å². The molecule has 2 aliphatic heterocycles. The Hall–Kier alpha value is -5.00. The van der Waals surface area contributed by atoms with E-state index in [-0.39, 0.29) is 36.3 Å². The maximum atomic E-state index is 16.1. The molecule has 11 heteroatoms. The molecule has 0 bridgehead atoms. The van der Waals surface area contributed by atoms with Gasteiger partial charge in [-0.3, -0.25) is 14.6 Å². The van der Waals surface area contributed by atoms with Crippen LogP contribution in [0.15, 0.2) is 66.7 Å². The Kier molecular flexibility index (Phi) is 8.25. The third-order valence-corrected chi connectivity index (χ3v) is 9.46. The molecule has 0 atom stereocenters. The minimum Gasteiger partial charge on any atom is -0.490 e. The fourth-order valence-corrected chi connectivity index (χ4v) is 7.19. The first-order valence-corrected chi connectivity index (χ1v) is 16.0. The van der Waals surface area contributed by atoms with E-state index in [9.17, 15) is 14.0 Å². The summed E-state index contributed by atoms with van der Waals surface area (Å²) in [4.78, 5) is 36.2. The number of nitrogens with one attached hydrogen (secondary N) is 1. The van der Waals surface area contributed by atoms with Crippen molar-refractivity contribution in [2.24, 2.45) is 0 Å². The molecule has 2 aliphatic rings. The van der Waals surface area contributed by atoms with Crippen molar-refractivity contribution in [2.75, 3.05) is 26.9 Å². The number of benzene rings is 2. The molecular formula is C36H30F2N4O4S. The summed E-state index contributed by atoms with van der Waals surface area (Å²) < 4.78 is 42.5. The molecule has 2 amide bonds. The molecule has 1 N–H and O–H groups in total. The van der Waals surface area contributed by atoms with Crippen LogP contribution in [0.5, 0.6) is 5.75 Å². The highest BCUT2D eigenvalue weighted by Gasteiger charge is 2.28. The van der Waals surface area contributed by atoms with Gasteiger partial charge in [-0.1, -0.05) is 18.7 Å². The van der Waals surface area contributed by atoms with Gasteiger partial charge in [-0.25, -0.2) is 13.8 Å². The number of carbonyl (C=O) groups is 2. The summed E-state index contributed by atoms with van der Waals surface area (Å²) >= 11 is 1.42. The molecule has 0 spiro atoms. The first-order valence-electron chi connectivity index (χ1n) is 15.1. The van der Waals surface area contributed by atoms with E-state index in [0.29, 0.717) is 55.0 Å². The molecule has 5 aromatic rings. The number of hydrogen-bond donors (Lipinski definition) is 1. The highest BCUT2D eigenvalue weighted by Crippen LogP contribution is 2.47. The highest BCUT2D eigenvalue weighted by atomic mass is 32.1. The number of nitrogens with zero attached hydrogens (tertiary/aromatic N) is 3. The summed E-state index contributed by atoms with van der Waals surface area (Å²) in [5.41, 5.74) is 6.76. The van der Waals surface area contributed by atoms with Gasteiger partial charge in [-0.05, 0) is 46.3 Å². The molecule has 0 radical (unpaired) electrons. The predicted molar refractivity (Wildman–Crippen MR) is 176 cm³/mol. The zero-order valence-electron chi connectivity index (χ0n) is 25.6. The van der Waals surface area contributed by atoms with Crippen LogP contribution in [-0.2, 0) is 40.3 Å². The van der Waals surface area contributed by atoms with E-state index in [2.05, 4.69) is 11.9 Å². The van der Waals surface area contributed by atoms with Crippen molar-refractivity contribution in [1.82, 2.24) is 20.2 Å². The van der Waals surface area contributed by atoms with E-state index in [1.54, 1.807) is 11.1 Å². The molecule has 3 aromatic heterocycles. The second-order valence-electron chi connectivity index (χ2n) is 11.4. The first-order chi connectivity index (χ1) is 22.8. The van der Waals surface area contributed by atoms with Crippen LogP contribution < -0.4 is 10.1 Å². The second kappa shape index (κ2) is 12.7. The molecule has 0 fully saturated rings. The topological polar surface area (TPSA) is 93.7 Å². The molecule has 7 rings (SSSR count). The number of carbonyl (C=O) groups excluding carboxylic acids is 2. The summed E-state index contributed by atoms with van der Waals surface area (Å²) in [6.45, 7) is 5.22. The summed E-state index contributed by atoms with van der Waals surface area (Å²) in [5, 5.41) is 5.61. The number of hydrogen-bond acceptors (Lipinski definition) is 7. The number of ether oxygens (including phenoxy) is 2. The van der Waals surface area contributed by atoms with Crippen molar-refractivity contribution < 1.29 is 27.8 Å². The van der Waals surface area contributed by atoms with Gasteiger partial charge < -0.3 is 19.7 Å². The minimum absolute atomic E-state index is 0.0200. The average molecular weight is 653 g/mol. The standard InChI is InChI=1S/C36H30F2N4O4S/c1-3-31(44)42-8-6-28-24(19-42)13-23(18-39-28)35-33(32-27(38)15-25(37)16-29(32)46-10-9-45-2)36-26(7-11-47-36)34(41-35)21-5-4-20-14-30(43)40-17-22(20)12-21/h3-5,7,11-13,15-16,18H,1,6,8-10,14,17,19H2,2H3,(H,40,43). The highest BCUT2D eigenvalue weighted by molar-refractivity contribution is 7.18. The number of methoxy groups -OCH3 is 1. The van der Waals surface area contributed by atoms with Crippen LogP contribution in [0.1, 0.15) is 22.4 Å². The lowest BCUT2D eigenvalue weighted by Crippen LogP contribution is -2.35. The fourth-order valence-electron chi connectivity index (χ4n) is 6.24. The van der Waals surface area contributed by atoms with E-state index in [4.69, 9.17) is 19.4 Å². The van der Waals surface area contributed by atoms with E-state index in [1.165, 1.54) is 30.6 Å². The molecule has 8 nitrogen and oxygen atoms in total. The lowest BCUT2D eigenvalue weighted by molar-refractivity contribution is -0.127. The van der Waals surface area contributed by atoms with Crippen molar-refractivity contribution in [1.29, 1.82) is 0 Å². The Morgan fingerprint density at radius 3 is 2.74 bits per heavy atom. The molecule has 0 aliphatic carbocycles. The molecule has 238 valence electrons. The van der Waals surface area contributed by atoms with Crippen LogP contribution in [-0.4, -0.2) is 53.6 Å². The van der Waals surface area contributed by atoms with Crippen molar-refractivity contribution in [3.8, 4) is 39.4 Å². The predicted octanol–water partition coefficient (Wildman–Crippen LogP) is 6.24. The Morgan fingerprint density at radius 2 is 1.91 bits per heavy atom. The normalized spacial score (nSPS) is 14.0. The Balaban J connectivity index is 1.47. The summed E-state index contributed by atoms with van der Waals surface area (Å²) in [6, 6.07) is 11.8. The van der Waals surface area contributed by atoms with Gasteiger partial charge in [0, 0.05) is 84.0 Å². The third-order valence-electron chi connectivity index (χ3n) is 8.53. The average Bonchev–Trinajstić information content (AvgIpc) is 3.57. The van der Waals surface area contributed by atoms with Crippen LogP contribution in [0, 0.1) is 11.6 Å². The zero-order valence-corrected chi connectivity index (χ0v) is 26.4. The summed E-state index contributed by atoms with van der Waals surface area (Å²) in [7, 11) is 1.52. The number of fused-ring (bicyclic) bond motifs is 3. The molecule has 47 heavy (non-hydrogen) atoms. The van der Waals surface area contributed by atoms with Crippen molar-refractivity contribution in [3.63, 3.8) is 0 Å². The number of pyridine rings is 2. The SMILES string of the molecule is C=CC(=O)N1CCc2ncc(-c3nc(-c4ccc5c(c4)CNC(=O)C5)c4ccsc4c3-c3c(F)cc(F)cc3OCCOC)cc2C1. The van der Waals surface area contributed by atoms with Gasteiger partial charge in [-0.2, -0.15) is 0 Å². The fraction of sp³-hybridized carbons (Fsp3) is 0.222. The Bertz CT molecular complexity index is 2080. The van der Waals surface area contributed by atoms with E-state index >= 15 is 4.39 Å². The smallest absolute Gasteiger partial charge is 0.246 e. The van der Waals surface area contributed by atoms with Crippen LogP contribution >= 0.6 is 11.3 Å². The van der Waals surface area contributed by atoms with E-state index in [1.807, 2.05) is 35.7 Å². The van der Waals surface area contributed by atoms with Crippen LogP contribution in [0.2, 0.25) is 0 Å². The van der Waals surface area contributed by atoms with Gasteiger partial charge >= 0.3 is 0 Å². The molecular weight excluding hydrogens is 622 g/mol. The van der Waals surface area contributed by atoms with E-state index in [0.717, 1.165) is 44.1 Å². The van der Waals surface area contributed by atoms with Crippen molar-refractivity contribution >= 4 is 33.2 Å². The third kappa shape index (κ3) is 5.77. The summed E-state index contributed by atoms with van der Waals surface area (Å²) in [6.07, 6.45) is 3.91. The number of thiophene rings is 1. The zero-order chi connectivity index (χ0) is 32.7. The monoisotopic (exact) mass is 652 g/mol. The van der Waals surface area contributed by atoms with Crippen molar-refractivity contribution in [3.05, 3.63) is 101 Å². The van der Waals surface area contributed by atoms with Gasteiger partial charge in [0.2, 0.25) is 11.8 Å². The number of aromatic nitrogens is 2. The minimum atomic E-state index is -0.791. The van der Waals surface area contributed by atoms with Crippen LogP contribution in [0.3, 0.4) is 0 Å². The van der Waals surface area contributed by atoms with Gasteiger partial charge in [0.15, 0.2) is 0 Å². The van der Waals surface area contributed by atoms with Gasteiger partial charge in [-0.15, -0.1) is 11.3 Å². The molecule has 5 heterocycles. The quantitative estimate of drug-likeness (QED) is 0.158. The van der Waals surface area contributed by atoms with Crippen LogP contribution in [0.4, 0.5) is 8.78 Å². The first kappa shape index (κ1) is 30.6. The van der Waals surface area contributed by atoms with Gasteiger partial charge in [0.05, 0.1) is 30.0 Å². The van der Waals surface area contributed by atoms with E-state index < -0.39 is 11.6 Å². The molecule has 0 unspecified atom stereocenters. The molecule has 0 saturated carbocycles. The maximum Gasteiger partial charge on any atom is 0.246 e. The van der Waals surface area contributed by atoms with Gasteiger partial charge in [0.25, 0.3) is 0 Å². The number of amides is 2. The second-order valence-corrected chi connectivity index (χ2v) is 12.3. The lowest BCUT2D eigenvalue weighted by atomic mass is 9.92.